The molecule has 146 valence electrons. The van der Waals surface area contributed by atoms with Gasteiger partial charge in [0.05, 0.1) is 17.8 Å². The maximum Gasteiger partial charge on any atom is 0.299 e. The fourth-order valence-corrected chi connectivity index (χ4v) is 4.03. The molecular weight excluding hydrogens is 467 g/mol. The van der Waals surface area contributed by atoms with E-state index in [2.05, 4.69) is 15.0 Å². The summed E-state index contributed by atoms with van der Waals surface area (Å²) < 4.78 is 24.9. The second-order valence-electron chi connectivity index (χ2n) is 5.59. The summed E-state index contributed by atoms with van der Waals surface area (Å²) in [7, 11) is -3.70. The molecule has 7 nitrogen and oxygen atoms in total. The number of carbonyl (C=O) groups excluding carboxylic acids is 1. The summed E-state index contributed by atoms with van der Waals surface area (Å²) in [6.07, 6.45) is 3.74. The molecule has 0 bridgehead atoms. The molecule has 0 N–H and O–H groups in total. The van der Waals surface area contributed by atoms with Gasteiger partial charge in [0.15, 0.2) is 10.5 Å². The predicted octanol–water partition coefficient (Wildman–Crippen LogP) is 3.49. The molecular formula is C16H11Cl3N4O3S2. The zero-order chi connectivity index (χ0) is 20.5. The summed E-state index contributed by atoms with van der Waals surface area (Å²) in [4.78, 5) is 24.3. The van der Waals surface area contributed by atoms with Gasteiger partial charge in [-0.15, -0.1) is 11.3 Å². The first kappa shape index (κ1) is 20.9. The highest BCUT2D eigenvalue weighted by molar-refractivity contribution is 7.90. The van der Waals surface area contributed by atoms with Crippen LogP contribution >= 0.6 is 46.1 Å². The highest BCUT2D eigenvalue weighted by Gasteiger charge is 2.19. The number of sulfone groups is 1. The molecule has 2 aromatic heterocycles. The molecule has 0 aliphatic rings. The lowest BCUT2D eigenvalue weighted by atomic mass is 10.2. The average molecular weight is 478 g/mol. The van der Waals surface area contributed by atoms with E-state index in [1.165, 1.54) is 11.3 Å². The summed E-state index contributed by atoms with van der Waals surface area (Å²) in [5.41, 5.74) is 0.499. The summed E-state index contributed by atoms with van der Waals surface area (Å²) in [6.45, 7) is 0.359. The SMILES string of the molecule is CS(=O)(=O)c1ncc(Cl)c(C(=O)N=c2sccn2Cc2ccc(Cl)cc2Cl)n1. The fourth-order valence-electron chi connectivity index (χ4n) is 2.16. The van der Waals surface area contributed by atoms with Gasteiger partial charge in [-0.3, -0.25) is 4.79 Å². The number of rotatable bonds is 4. The van der Waals surface area contributed by atoms with E-state index in [0.29, 0.717) is 21.4 Å². The van der Waals surface area contributed by atoms with E-state index < -0.39 is 20.9 Å². The van der Waals surface area contributed by atoms with Crippen molar-refractivity contribution >= 4 is 61.9 Å². The van der Waals surface area contributed by atoms with Crippen molar-refractivity contribution in [2.24, 2.45) is 4.99 Å². The summed E-state index contributed by atoms with van der Waals surface area (Å²) in [5.74, 6) is -0.782. The molecule has 12 heteroatoms. The van der Waals surface area contributed by atoms with Crippen molar-refractivity contribution in [2.75, 3.05) is 6.26 Å². The molecule has 0 aliphatic carbocycles. The van der Waals surface area contributed by atoms with Crippen molar-refractivity contribution in [1.82, 2.24) is 14.5 Å². The maximum absolute atomic E-state index is 12.5. The Balaban J connectivity index is 1.98. The van der Waals surface area contributed by atoms with Crippen molar-refractivity contribution in [1.29, 1.82) is 0 Å². The molecule has 0 fully saturated rings. The molecule has 0 aliphatic heterocycles. The van der Waals surface area contributed by atoms with Gasteiger partial charge in [0, 0.05) is 27.9 Å². The molecule has 3 aromatic rings. The number of thiazole rings is 1. The van der Waals surface area contributed by atoms with Gasteiger partial charge < -0.3 is 4.57 Å². The lowest BCUT2D eigenvalue weighted by Crippen LogP contribution is -2.18. The summed E-state index contributed by atoms with van der Waals surface area (Å²) in [6, 6.07) is 5.12. The Bertz CT molecular complexity index is 1240. The zero-order valence-electron chi connectivity index (χ0n) is 14.1. The van der Waals surface area contributed by atoms with Gasteiger partial charge >= 0.3 is 0 Å². The number of carbonyl (C=O) groups is 1. The first-order chi connectivity index (χ1) is 13.1. The van der Waals surface area contributed by atoms with E-state index >= 15 is 0 Å². The predicted molar refractivity (Wildman–Crippen MR) is 108 cm³/mol. The molecule has 0 unspecified atom stereocenters. The standard InChI is InChI=1S/C16H11Cl3N4O3S2/c1-28(25,26)15-20-7-12(19)13(21-15)14(24)22-16-23(4-5-27-16)8-9-2-3-10(17)6-11(9)18/h2-7H,8H2,1H3. The number of hydrogen-bond acceptors (Lipinski definition) is 6. The Morgan fingerprint density at radius 3 is 2.68 bits per heavy atom. The van der Waals surface area contributed by atoms with Gasteiger partial charge in [0.2, 0.25) is 15.0 Å². The normalized spacial score (nSPS) is 12.4. The minimum Gasteiger partial charge on any atom is -0.319 e. The Hall–Kier alpha value is -1.78. The third kappa shape index (κ3) is 4.79. The van der Waals surface area contributed by atoms with E-state index in [-0.39, 0.29) is 10.7 Å². The van der Waals surface area contributed by atoms with Gasteiger partial charge in [-0.2, -0.15) is 4.99 Å². The topological polar surface area (TPSA) is 94.3 Å². The van der Waals surface area contributed by atoms with Crippen LogP contribution in [0.4, 0.5) is 0 Å². The van der Waals surface area contributed by atoms with E-state index in [1.807, 2.05) is 0 Å². The number of benzene rings is 1. The minimum absolute atomic E-state index is 0.0926. The van der Waals surface area contributed by atoms with Crippen molar-refractivity contribution < 1.29 is 13.2 Å². The quantitative estimate of drug-likeness (QED) is 0.536. The summed E-state index contributed by atoms with van der Waals surface area (Å²) in [5, 5.41) is 2.16. The molecule has 0 saturated carbocycles. The average Bonchev–Trinajstić information content (AvgIpc) is 3.03. The first-order valence-corrected chi connectivity index (χ1v) is 11.4. The van der Waals surface area contributed by atoms with Crippen LogP contribution in [0.5, 0.6) is 0 Å². The third-order valence-electron chi connectivity index (χ3n) is 3.47. The van der Waals surface area contributed by atoms with Crippen LogP contribution < -0.4 is 4.80 Å². The van der Waals surface area contributed by atoms with E-state index in [4.69, 9.17) is 34.8 Å². The highest BCUT2D eigenvalue weighted by Crippen LogP contribution is 2.21. The number of halogens is 3. The largest absolute Gasteiger partial charge is 0.319 e. The number of nitrogens with zero attached hydrogens (tertiary/aromatic N) is 4. The molecule has 1 aromatic carbocycles. The number of hydrogen-bond donors (Lipinski definition) is 0. The Morgan fingerprint density at radius 2 is 2.00 bits per heavy atom. The summed E-state index contributed by atoms with van der Waals surface area (Å²) >= 11 is 19.3. The second-order valence-corrected chi connectivity index (χ2v) is 9.62. The molecule has 0 spiro atoms. The minimum atomic E-state index is -3.70. The number of amides is 1. The molecule has 1 amide bonds. The lowest BCUT2D eigenvalue weighted by Gasteiger charge is -2.06. The smallest absolute Gasteiger partial charge is 0.299 e. The van der Waals surface area contributed by atoms with Crippen LogP contribution in [0, 0.1) is 0 Å². The van der Waals surface area contributed by atoms with Gasteiger partial charge in [0.1, 0.15) is 0 Å². The highest BCUT2D eigenvalue weighted by atomic mass is 35.5. The van der Waals surface area contributed by atoms with E-state index in [1.54, 1.807) is 34.3 Å². The van der Waals surface area contributed by atoms with Crippen LogP contribution in [0.1, 0.15) is 16.1 Å². The molecule has 0 atom stereocenters. The number of aromatic nitrogens is 3. The lowest BCUT2D eigenvalue weighted by molar-refractivity contribution is 0.0992. The van der Waals surface area contributed by atoms with Crippen molar-refractivity contribution in [3.05, 3.63) is 67.1 Å². The monoisotopic (exact) mass is 476 g/mol. The van der Waals surface area contributed by atoms with Crippen LogP contribution in [0.3, 0.4) is 0 Å². The molecule has 2 heterocycles. The van der Waals surface area contributed by atoms with Crippen LogP contribution in [0.15, 0.2) is 46.1 Å². The van der Waals surface area contributed by atoms with Gasteiger partial charge in [-0.25, -0.2) is 18.4 Å². The Morgan fingerprint density at radius 1 is 1.25 bits per heavy atom. The Labute approximate surface area is 179 Å². The van der Waals surface area contributed by atoms with Gasteiger partial charge in [-0.05, 0) is 17.7 Å². The van der Waals surface area contributed by atoms with E-state index in [9.17, 15) is 13.2 Å². The van der Waals surface area contributed by atoms with Crippen molar-refractivity contribution in [3.8, 4) is 0 Å². The fraction of sp³-hybridized carbons (Fsp3) is 0.125. The van der Waals surface area contributed by atoms with Crippen LogP contribution in [0.25, 0.3) is 0 Å². The Kier molecular flexibility index (Phi) is 6.21. The van der Waals surface area contributed by atoms with Crippen LogP contribution in [-0.4, -0.2) is 35.1 Å². The zero-order valence-corrected chi connectivity index (χ0v) is 18.0. The first-order valence-electron chi connectivity index (χ1n) is 7.54. The molecule has 28 heavy (non-hydrogen) atoms. The van der Waals surface area contributed by atoms with Crippen LogP contribution in [-0.2, 0) is 16.4 Å². The third-order valence-corrected chi connectivity index (χ3v) is 5.99. The van der Waals surface area contributed by atoms with Crippen molar-refractivity contribution in [3.63, 3.8) is 0 Å². The second kappa shape index (κ2) is 8.30. The van der Waals surface area contributed by atoms with Gasteiger partial charge in [0.25, 0.3) is 5.91 Å². The molecule has 0 saturated heterocycles. The van der Waals surface area contributed by atoms with Crippen molar-refractivity contribution in [2.45, 2.75) is 11.7 Å². The van der Waals surface area contributed by atoms with Crippen LogP contribution in [0.2, 0.25) is 15.1 Å². The van der Waals surface area contributed by atoms with E-state index in [0.717, 1.165) is 18.0 Å². The molecule has 3 rings (SSSR count). The van der Waals surface area contributed by atoms with Gasteiger partial charge in [-0.1, -0.05) is 40.9 Å². The maximum atomic E-state index is 12.5. The molecule has 0 radical (unpaired) electrons.